The Morgan fingerprint density at radius 1 is 0.286 bits per heavy atom. The standard InChI is InChI=1S/C40H24N2/c1-2-11-28(12-3-1)41-32-15-6-4-13-29(32)39-35(41)23-24-36-40(39)30-14-5-7-16-33(30)42(36)34-22-20-27-18-17-25-9-8-10-26-19-21-31(34)38(27)37(25)26/h1-24H. The minimum atomic E-state index is 1.18. The number of nitrogens with zero attached hydrogens (tertiary/aromatic N) is 2. The number of benzene rings is 8. The molecule has 194 valence electrons. The molecule has 0 bridgehead atoms. The Labute approximate surface area is 241 Å². The lowest BCUT2D eigenvalue weighted by atomic mass is 9.93. The Morgan fingerprint density at radius 3 is 1.55 bits per heavy atom. The van der Waals surface area contributed by atoms with Crippen molar-refractivity contribution >= 4 is 75.9 Å². The van der Waals surface area contributed by atoms with E-state index < -0.39 is 0 Å². The molecule has 0 fully saturated rings. The number of para-hydroxylation sites is 3. The van der Waals surface area contributed by atoms with Crippen LogP contribution in [0.2, 0.25) is 0 Å². The molecule has 0 amide bonds. The molecule has 0 aliphatic heterocycles. The van der Waals surface area contributed by atoms with Crippen LogP contribution in [0.15, 0.2) is 146 Å². The molecule has 0 unspecified atom stereocenters. The molecule has 10 rings (SSSR count). The fourth-order valence-electron chi connectivity index (χ4n) is 7.55. The molecule has 0 saturated carbocycles. The highest BCUT2D eigenvalue weighted by Gasteiger charge is 2.21. The first-order valence-corrected chi connectivity index (χ1v) is 14.5. The molecule has 0 aliphatic carbocycles. The fourth-order valence-corrected chi connectivity index (χ4v) is 7.55. The maximum atomic E-state index is 2.49. The minimum Gasteiger partial charge on any atom is -0.309 e. The summed E-state index contributed by atoms with van der Waals surface area (Å²) < 4.78 is 4.90. The molecule has 0 radical (unpaired) electrons. The largest absolute Gasteiger partial charge is 0.309 e. The fraction of sp³-hybridized carbons (Fsp3) is 0. The van der Waals surface area contributed by atoms with Gasteiger partial charge in [0, 0.05) is 32.6 Å². The average Bonchev–Trinajstić information content (AvgIpc) is 3.57. The first-order chi connectivity index (χ1) is 20.9. The molecule has 0 N–H and O–H groups in total. The summed E-state index contributed by atoms with van der Waals surface area (Å²) in [6.45, 7) is 0. The van der Waals surface area contributed by atoms with E-state index in [0.29, 0.717) is 0 Å². The summed E-state index contributed by atoms with van der Waals surface area (Å²) in [5.74, 6) is 0. The number of hydrogen-bond donors (Lipinski definition) is 0. The highest BCUT2D eigenvalue weighted by atomic mass is 15.0. The lowest BCUT2D eigenvalue weighted by molar-refractivity contribution is 1.18. The summed E-state index contributed by atoms with van der Waals surface area (Å²) >= 11 is 0. The Kier molecular flexibility index (Phi) is 4.21. The summed E-state index contributed by atoms with van der Waals surface area (Å²) in [5, 5.41) is 13.0. The second-order valence-corrected chi connectivity index (χ2v) is 11.3. The van der Waals surface area contributed by atoms with Crippen molar-refractivity contribution in [3.05, 3.63) is 146 Å². The van der Waals surface area contributed by atoms with Crippen LogP contribution in [0.3, 0.4) is 0 Å². The van der Waals surface area contributed by atoms with Crippen molar-refractivity contribution in [2.45, 2.75) is 0 Å². The highest BCUT2D eigenvalue weighted by Crippen LogP contribution is 2.44. The van der Waals surface area contributed by atoms with E-state index in [0.717, 1.165) is 0 Å². The molecular formula is C40H24N2. The normalized spacial score (nSPS) is 12.3. The number of aromatic nitrogens is 2. The molecule has 0 atom stereocenters. The zero-order chi connectivity index (χ0) is 27.4. The number of hydrogen-bond acceptors (Lipinski definition) is 0. The van der Waals surface area contributed by atoms with Crippen molar-refractivity contribution in [1.29, 1.82) is 0 Å². The SMILES string of the molecule is c1ccc(-n2c3ccccc3c3c4c5ccccc5n(-c5ccc6ccc7cccc8ccc5c6c78)c4ccc32)cc1. The van der Waals surface area contributed by atoms with Gasteiger partial charge in [0.2, 0.25) is 0 Å². The van der Waals surface area contributed by atoms with Crippen LogP contribution in [0.4, 0.5) is 0 Å². The van der Waals surface area contributed by atoms with Gasteiger partial charge in [-0.3, -0.25) is 0 Å². The Balaban J connectivity index is 1.40. The van der Waals surface area contributed by atoms with Gasteiger partial charge in [-0.2, -0.15) is 0 Å². The predicted molar refractivity (Wildman–Crippen MR) is 179 cm³/mol. The monoisotopic (exact) mass is 532 g/mol. The third kappa shape index (κ3) is 2.74. The average molecular weight is 533 g/mol. The minimum absolute atomic E-state index is 1.18. The van der Waals surface area contributed by atoms with Crippen LogP contribution in [0.5, 0.6) is 0 Å². The Hall–Kier alpha value is -5.60. The second-order valence-electron chi connectivity index (χ2n) is 11.3. The van der Waals surface area contributed by atoms with Gasteiger partial charge >= 0.3 is 0 Å². The lowest BCUT2D eigenvalue weighted by Crippen LogP contribution is -1.97. The van der Waals surface area contributed by atoms with Crippen LogP contribution < -0.4 is 0 Å². The molecule has 8 aromatic carbocycles. The van der Waals surface area contributed by atoms with Crippen molar-refractivity contribution in [2.75, 3.05) is 0 Å². The number of rotatable bonds is 2. The first-order valence-electron chi connectivity index (χ1n) is 14.5. The van der Waals surface area contributed by atoms with E-state index in [1.807, 2.05) is 0 Å². The molecule has 10 aromatic rings. The van der Waals surface area contributed by atoms with E-state index in [9.17, 15) is 0 Å². The lowest BCUT2D eigenvalue weighted by Gasteiger charge is -2.16. The predicted octanol–water partition coefficient (Wildman–Crippen LogP) is 10.8. The molecule has 0 saturated heterocycles. The van der Waals surface area contributed by atoms with Crippen LogP contribution in [0, 0.1) is 0 Å². The van der Waals surface area contributed by atoms with Crippen LogP contribution >= 0.6 is 0 Å². The van der Waals surface area contributed by atoms with Crippen molar-refractivity contribution in [3.63, 3.8) is 0 Å². The van der Waals surface area contributed by atoms with Gasteiger partial charge in [0.1, 0.15) is 0 Å². The third-order valence-corrected chi connectivity index (χ3v) is 9.23. The molecule has 2 nitrogen and oxygen atoms in total. The summed E-state index contributed by atoms with van der Waals surface area (Å²) in [6.07, 6.45) is 0. The van der Waals surface area contributed by atoms with E-state index >= 15 is 0 Å². The molecule has 42 heavy (non-hydrogen) atoms. The van der Waals surface area contributed by atoms with Gasteiger partial charge < -0.3 is 9.13 Å². The van der Waals surface area contributed by atoms with Crippen LogP contribution in [0.1, 0.15) is 0 Å². The summed E-state index contributed by atoms with van der Waals surface area (Å²) in [6, 6.07) is 53.4. The summed E-state index contributed by atoms with van der Waals surface area (Å²) in [7, 11) is 0. The Morgan fingerprint density at radius 2 is 0.833 bits per heavy atom. The van der Waals surface area contributed by atoms with Gasteiger partial charge in [-0.05, 0) is 69.4 Å². The van der Waals surface area contributed by atoms with Crippen molar-refractivity contribution in [2.24, 2.45) is 0 Å². The van der Waals surface area contributed by atoms with Gasteiger partial charge in [-0.1, -0.05) is 103 Å². The maximum Gasteiger partial charge on any atom is 0.0549 e. The van der Waals surface area contributed by atoms with Gasteiger partial charge in [0.15, 0.2) is 0 Å². The maximum absolute atomic E-state index is 2.49. The smallest absolute Gasteiger partial charge is 0.0549 e. The van der Waals surface area contributed by atoms with Crippen LogP contribution in [-0.2, 0) is 0 Å². The topological polar surface area (TPSA) is 9.86 Å². The van der Waals surface area contributed by atoms with E-state index in [2.05, 4.69) is 155 Å². The molecule has 2 aromatic heterocycles. The van der Waals surface area contributed by atoms with Crippen molar-refractivity contribution in [3.8, 4) is 11.4 Å². The van der Waals surface area contributed by atoms with Crippen LogP contribution in [0.25, 0.3) is 87.3 Å². The van der Waals surface area contributed by atoms with E-state index in [1.54, 1.807) is 0 Å². The van der Waals surface area contributed by atoms with Gasteiger partial charge in [-0.25, -0.2) is 0 Å². The van der Waals surface area contributed by atoms with Crippen molar-refractivity contribution in [1.82, 2.24) is 9.13 Å². The molecule has 2 heterocycles. The van der Waals surface area contributed by atoms with Gasteiger partial charge in [-0.15, -0.1) is 0 Å². The quantitative estimate of drug-likeness (QED) is 0.196. The molecule has 0 aliphatic rings. The Bertz CT molecular complexity index is 2650. The first kappa shape index (κ1) is 22.1. The highest BCUT2D eigenvalue weighted by molar-refractivity contribution is 6.30. The third-order valence-electron chi connectivity index (χ3n) is 9.23. The second kappa shape index (κ2) is 7.99. The van der Waals surface area contributed by atoms with E-state index in [1.165, 1.54) is 87.3 Å². The molecular weight excluding hydrogens is 508 g/mol. The number of fused-ring (bicyclic) bond motifs is 7. The zero-order valence-electron chi connectivity index (χ0n) is 22.8. The van der Waals surface area contributed by atoms with Gasteiger partial charge in [0.05, 0.1) is 27.8 Å². The molecule has 0 spiro atoms. The summed E-state index contributed by atoms with van der Waals surface area (Å²) in [5.41, 5.74) is 7.32. The van der Waals surface area contributed by atoms with Crippen molar-refractivity contribution < 1.29 is 0 Å². The summed E-state index contributed by atoms with van der Waals surface area (Å²) in [4.78, 5) is 0. The van der Waals surface area contributed by atoms with Crippen LogP contribution in [-0.4, -0.2) is 9.13 Å². The van der Waals surface area contributed by atoms with E-state index in [-0.39, 0.29) is 0 Å². The van der Waals surface area contributed by atoms with Gasteiger partial charge in [0.25, 0.3) is 0 Å². The zero-order valence-corrected chi connectivity index (χ0v) is 22.8. The van der Waals surface area contributed by atoms with E-state index in [4.69, 9.17) is 0 Å². The molecule has 2 heteroatoms.